The molecule has 0 saturated carbocycles. The summed E-state index contributed by atoms with van der Waals surface area (Å²) in [5, 5.41) is 8.96. The lowest BCUT2D eigenvalue weighted by molar-refractivity contribution is 0.471. The summed E-state index contributed by atoms with van der Waals surface area (Å²) in [5.41, 5.74) is 1.88. The maximum atomic E-state index is 8.96. The number of nitrogens with zero attached hydrogens (tertiary/aromatic N) is 2. The van der Waals surface area contributed by atoms with E-state index in [0.717, 1.165) is 18.4 Å². The Morgan fingerprint density at radius 3 is 2.79 bits per heavy atom. The van der Waals surface area contributed by atoms with Crippen molar-refractivity contribution in [3.8, 4) is 6.07 Å². The van der Waals surface area contributed by atoms with Crippen LogP contribution in [0.1, 0.15) is 44.7 Å². The van der Waals surface area contributed by atoms with Crippen LogP contribution in [0.15, 0.2) is 18.5 Å². The summed E-state index contributed by atoms with van der Waals surface area (Å²) in [7, 11) is 0. The number of aromatic nitrogens is 1. The van der Waals surface area contributed by atoms with E-state index in [0.29, 0.717) is 5.56 Å². The minimum atomic E-state index is 0.0722. The number of nitriles is 1. The van der Waals surface area contributed by atoms with Gasteiger partial charge < -0.3 is 0 Å². The van der Waals surface area contributed by atoms with Crippen LogP contribution in [0, 0.1) is 11.3 Å². The van der Waals surface area contributed by atoms with Crippen LogP contribution in [0.4, 0.5) is 0 Å². The number of hydrogen-bond acceptors (Lipinski definition) is 2. The molecule has 1 heterocycles. The summed E-state index contributed by atoms with van der Waals surface area (Å²) in [4.78, 5) is 3.97. The smallest absolute Gasteiger partial charge is 0.101 e. The molecule has 0 atom stereocenters. The second kappa shape index (κ2) is 4.23. The van der Waals surface area contributed by atoms with Crippen LogP contribution in [-0.2, 0) is 5.41 Å². The van der Waals surface area contributed by atoms with Gasteiger partial charge in [0.1, 0.15) is 6.07 Å². The summed E-state index contributed by atoms with van der Waals surface area (Å²) in [6, 6.07) is 4.15. The molecule has 0 amide bonds. The molecular formula is C12H16N2. The highest BCUT2D eigenvalue weighted by molar-refractivity contribution is 5.39. The highest BCUT2D eigenvalue weighted by Gasteiger charge is 2.22. The Morgan fingerprint density at radius 2 is 2.21 bits per heavy atom. The highest BCUT2D eigenvalue weighted by atomic mass is 14.6. The first-order valence-corrected chi connectivity index (χ1v) is 4.96. The molecule has 1 rings (SSSR count). The molecule has 0 bridgehead atoms. The first-order valence-electron chi connectivity index (χ1n) is 4.96. The van der Waals surface area contributed by atoms with Crippen molar-refractivity contribution < 1.29 is 0 Å². The lowest BCUT2D eigenvalue weighted by Crippen LogP contribution is -2.18. The molecule has 0 aliphatic heterocycles. The molecule has 1 aromatic heterocycles. The second-order valence-corrected chi connectivity index (χ2v) is 4.17. The van der Waals surface area contributed by atoms with Gasteiger partial charge in [0.25, 0.3) is 0 Å². The van der Waals surface area contributed by atoms with E-state index in [1.165, 1.54) is 0 Å². The van der Waals surface area contributed by atoms with Gasteiger partial charge in [-0.2, -0.15) is 5.26 Å². The lowest BCUT2D eigenvalue weighted by Gasteiger charge is -2.25. The van der Waals surface area contributed by atoms with E-state index >= 15 is 0 Å². The molecule has 2 heteroatoms. The third-order valence-electron chi connectivity index (χ3n) is 2.55. The second-order valence-electron chi connectivity index (χ2n) is 4.17. The lowest BCUT2D eigenvalue weighted by atomic mass is 9.79. The molecule has 0 fully saturated rings. The van der Waals surface area contributed by atoms with E-state index in [-0.39, 0.29) is 5.41 Å². The van der Waals surface area contributed by atoms with Crippen molar-refractivity contribution in [1.29, 1.82) is 5.26 Å². The Kier molecular flexibility index (Phi) is 3.24. The van der Waals surface area contributed by atoms with Crippen molar-refractivity contribution in [2.45, 2.75) is 39.0 Å². The zero-order valence-electron chi connectivity index (χ0n) is 9.04. The van der Waals surface area contributed by atoms with Crippen LogP contribution in [0.3, 0.4) is 0 Å². The molecule has 0 aromatic carbocycles. The first kappa shape index (κ1) is 10.7. The van der Waals surface area contributed by atoms with Gasteiger partial charge in [0.15, 0.2) is 0 Å². The Labute approximate surface area is 85.6 Å². The monoisotopic (exact) mass is 188 g/mol. The molecule has 74 valence electrons. The van der Waals surface area contributed by atoms with Crippen molar-refractivity contribution in [2.24, 2.45) is 0 Å². The molecule has 1 aromatic rings. The topological polar surface area (TPSA) is 36.7 Å². The summed E-state index contributed by atoms with van der Waals surface area (Å²) in [6.45, 7) is 6.51. The third-order valence-corrected chi connectivity index (χ3v) is 2.55. The summed E-state index contributed by atoms with van der Waals surface area (Å²) >= 11 is 0. The molecule has 0 saturated heterocycles. The Balaban J connectivity index is 3.12. The van der Waals surface area contributed by atoms with Crippen LogP contribution < -0.4 is 0 Å². The van der Waals surface area contributed by atoms with Gasteiger partial charge in [0, 0.05) is 12.4 Å². The van der Waals surface area contributed by atoms with E-state index < -0.39 is 0 Å². The molecule has 0 N–H and O–H groups in total. The highest BCUT2D eigenvalue weighted by Crippen LogP contribution is 2.29. The van der Waals surface area contributed by atoms with Crippen LogP contribution in [0.2, 0.25) is 0 Å². The fraction of sp³-hybridized carbons (Fsp3) is 0.500. The van der Waals surface area contributed by atoms with Crippen molar-refractivity contribution in [3.05, 3.63) is 29.6 Å². The molecule has 0 radical (unpaired) electrons. The van der Waals surface area contributed by atoms with Gasteiger partial charge in [-0.25, -0.2) is 0 Å². The number of hydrogen-bond donors (Lipinski definition) is 0. The fourth-order valence-corrected chi connectivity index (χ4v) is 1.83. The Hall–Kier alpha value is -1.36. The molecule has 14 heavy (non-hydrogen) atoms. The first-order chi connectivity index (χ1) is 6.61. The standard InChI is InChI=1S/C12H16N2/c1-4-6-12(2,3)11-5-7-14-9-10(11)8-13/h5,7,9H,4,6H2,1-3H3. The molecule has 0 aliphatic carbocycles. The molecule has 0 spiro atoms. The van der Waals surface area contributed by atoms with Crippen LogP contribution >= 0.6 is 0 Å². The van der Waals surface area contributed by atoms with Gasteiger partial charge in [-0.15, -0.1) is 0 Å². The minimum Gasteiger partial charge on any atom is -0.263 e. The van der Waals surface area contributed by atoms with Gasteiger partial charge in [0.05, 0.1) is 5.56 Å². The van der Waals surface area contributed by atoms with Crippen LogP contribution in [0.25, 0.3) is 0 Å². The zero-order chi connectivity index (χ0) is 10.6. The van der Waals surface area contributed by atoms with Gasteiger partial charge in [-0.1, -0.05) is 27.2 Å². The normalized spacial score (nSPS) is 11.0. The predicted octanol–water partition coefficient (Wildman–Crippen LogP) is 3.03. The Morgan fingerprint density at radius 1 is 1.50 bits per heavy atom. The van der Waals surface area contributed by atoms with Crippen LogP contribution in [-0.4, -0.2) is 4.98 Å². The predicted molar refractivity (Wildman–Crippen MR) is 56.9 cm³/mol. The number of rotatable bonds is 3. The maximum absolute atomic E-state index is 8.96. The molecule has 2 nitrogen and oxygen atoms in total. The molecular weight excluding hydrogens is 172 g/mol. The summed E-state index contributed by atoms with van der Waals surface area (Å²) < 4.78 is 0. The maximum Gasteiger partial charge on any atom is 0.101 e. The van der Waals surface area contributed by atoms with E-state index in [4.69, 9.17) is 5.26 Å². The largest absolute Gasteiger partial charge is 0.263 e. The van der Waals surface area contributed by atoms with Crippen LogP contribution in [0.5, 0.6) is 0 Å². The average Bonchev–Trinajstić information content (AvgIpc) is 2.18. The summed E-state index contributed by atoms with van der Waals surface area (Å²) in [6.07, 6.45) is 5.62. The SMILES string of the molecule is CCCC(C)(C)c1ccncc1C#N. The van der Waals surface area contributed by atoms with Crippen molar-refractivity contribution in [3.63, 3.8) is 0 Å². The molecule has 0 aliphatic rings. The fourth-order valence-electron chi connectivity index (χ4n) is 1.83. The van der Waals surface area contributed by atoms with E-state index in [2.05, 4.69) is 31.8 Å². The average molecular weight is 188 g/mol. The van der Waals surface area contributed by atoms with E-state index in [9.17, 15) is 0 Å². The van der Waals surface area contributed by atoms with Gasteiger partial charge in [-0.05, 0) is 23.5 Å². The van der Waals surface area contributed by atoms with Crippen molar-refractivity contribution in [1.82, 2.24) is 4.98 Å². The van der Waals surface area contributed by atoms with Gasteiger partial charge in [0.2, 0.25) is 0 Å². The van der Waals surface area contributed by atoms with Crippen molar-refractivity contribution in [2.75, 3.05) is 0 Å². The van der Waals surface area contributed by atoms with E-state index in [1.807, 2.05) is 6.07 Å². The zero-order valence-corrected chi connectivity index (χ0v) is 9.04. The summed E-state index contributed by atoms with van der Waals surface area (Å²) in [5.74, 6) is 0. The number of pyridine rings is 1. The molecule has 0 unspecified atom stereocenters. The van der Waals surface area contributed by atoms with Crippen molar-refractivity contribution >= 4 is 0 Å². The quantitative estimate of drug-likeness (QED) is 0.731. The third kappa shape index (κ3) is 2.11. The Bertz CT molecular complexity index is 348. The van der Waals surface area contributed by atoms with E-state index in [1.54, 1.807) is 12.4 Å². The van der Waals surface area contributed by atoms with Gasteiger partial charge >= 0.3 is 0 Å². The van der Waals surface area contributed by atoms with Gasteiger partial charge in [-0.3, -0.25) is 4.98 Å². The minimum absolute atomic E-state index is 0.0722.